The standard InChI is InChI=1S/C32H37ClN4O5S/c1-19-9-5-6-11-21(19)17-35-30(40)28-32(2,3)43-18-37(28)31(41)27(38)25(16-20-10-7-12-22(15-20)42-4)36-29(39)23-13-8-14-24(34)26(23)33/h5-15,25,27-28,38H,16-18,34H2,1-4H3,(H,35,40)(H,36,39)/t25-,27-,28?/m0/s1. The minimum absolute atomic E-state index is 0.0732. The van der Waals surface area contributed by atoms with E-state index in [1.807, 2.05) is 51.1 Å². The molecule has 0 spiro atoms. The zero-order chi connectivity index (χ0) is 31.3. The number of hydrogen-bond donors (Lipinski definition) is 4. The van der Waals surface area contributed by atoms with E-state index in [1.54, 1.807) is 30.3 Å². The number of carbonyl (C=O) groups excluding carboxylic acids is 3. The van der Waals surface area contributed by atoms with Crippen molar-refractivity contribution < 1.29 is 24.2 Å². The van der Waals surface area contributed by atoms with Crippen molar-refractivity contribution in [1.29, 1.82) is 0 Å². The van der Waals surface area contributed by atoms with Crippen LogP contribution in [0.1, 0.15) is 40.9 Å². The monoisotopic (exact) mass is 624 g/mol. The molecule has 1 aliphatic heterocycles. The third-order valence-electron chi connectivity index (χ3n) is 7.61. The van der Waals surface area contributed by atoms with Gasteiger partial charge in [-0.1, -0.05) is 54.1 Å². The van der Waals surface area contributed by atoms with E-state index in [-0.39, 0.29) is 34.5 Å². The van der Waals surface area contributed by atoms with Crippen LogP contribution in [0, 0.1) is 6.92 Å². The zero-order valence-electron chi connectivity index (χ0n) is 24.6. The molecule has 1 heterocycles. The smallest absolute Gasteiger partial charge is 0.254 e. The summed E-state index contributed by atoms with van der Waals surface area (Å²) in [6, 6.07) is 17.6. The molecule has 5 N–H and O–H groups in total. The molecular weight excluding hydrogens is 588 g/mol. The van der Waals surface area contributed by atoms with Gasteiger partial charge in [-0.2, -0.15) is 0 Å². The summed E-state index contributed by atoms with van der Waals surface area (Å²) < 4.78 is 4.71. The van der Waals surface area contributed by atoms with Gasteiger partial charge in [-0.15, -0.1) is 11.8 Å². The molecule has 3 aromatic carbocycles. The fourth-order valence-electron chi connectivity index (χ4n) is 5.11. The van der Waals surface area contributed by atoms with Gasteiger partial charge in [0, 0.05) is 11.3 Å². The molecule has 9 nitrogen and oxygen atoms in total. The van der Waals surface area contributed by atoms with Crippen LogP contribution >= 0.6 is 23.4 Å². The Bertz CT molecular complexity index is 1500. The van der Waals surface area contributed by atoms with Crippen molar-refractivity contribution in [2.45, 2.75) is 56.7 Å². The van der Waals surface area contributed by atoms with Gasteiger partial charge in [-0.3, -0.25) is 14.4 Å². The molecule has 0 radical (unpaired) electrons. The molecule has 0 aliphatic carbocycles. The third kappa shape index (κ3) is 7.44. The maximum Gasteiger partial charge on any atom is 0.254 e. The number of aliphatic hydroxyl groups excluding tert-OH is 1. The highest BCUT2D eigenvalue weighted by molar-refractivity contribution is 8.00. The van der Waals surface area contributed by atoms with Crippen molar-refractivity contribution in [3.05, 3.63) is 94.0 Å². The lowest BCUT2D eigenvalue weighted by Crippen LogP contribution is -2.58. The lowest BCUT2D eigenvalue weighted by Gasteiger charge is -2.33. The summed E-state index contributed by atoms with van der Waals surface area (Å²) in [5.74, 6) is -0.794. The molecule has 3 atom stereocenters. The Morgan fingerprint density at radius 3 is 2.58 bits per heavy atom. The van der Waals surface area contributed by atoms with E-state index in [0.717, 1.165) is 16.7 Å². The molecule has 1 aliphatic rings. The van der Waals surface area contributed by atoms with Crippen molar-refractivity contribution in [3.8, 4) is 5.75 Å². The minimum Gasteiger partial charge on any atom is -0.497 e. The van der Waals surface area contributed by atoms with E-state index in [9.17, 15) is 19.5 Å². The van der Waals surface area contributed by atoms with Gasteiger partial charge in [0.15, 0.2) is 6.10 Å². The second-order valence-electron chi connectivity index (χ2n) is 11.0. The molecule has 1 saturated heterocycles. The van der Waals surface area contributed by atoms with Crippen LogP contribution in [-0.4, -0.2) is 63.6 Å². The molecule has 228 valence electrons. The molecule has 3 aromatic rings. The van der Waals surface area contributed by atoms with Gasteiger partial charge in [0.05, 0.1) is 35.3 Å². The van der Waals surface area contributed by atoms with Crippen LogP contribution in [0.4, 0.5) is 5.69 Å². The van der Waals surface area contributed by atoms with Crippen LogP contribution in [0.2, 0.25) is 5.02 Å². The number of halogens is 1. The fraction of sp³-hybridized carbons (Fsp3) is 0.344. The van der Waals surface area contributed by atoms with Gasteiger partial charge < -0.3 is 31.1 Å². The van der Waals surface area contributed by atoms with Gasteiger partial charge in [0.25, 0.3) is 11.8 Å². The first kappa shape index (κ1) is 32.2. The fourth-order valence-corrected chi connectivity index (χ4v) is 6.46. The molecule has 11 heteroatoms. The van der Waals surface area contributed by atoms with Crippen molar-refractivity contribution in [2.24, 2.45) is 0 Å². The highest BCUT2D eigenvalue weighted by Gasteiger charge is 2.49. The summed E-state index contributed by atoms with van der Waals surface area (Å²) in [5, 5.41) is 17.4. The third-order valence-corrected chi connectivity index (χ3v) is 9.40. The number of nitrogen functional groups attached to an aromatic ring is 1. The zero-order valence-corrected chi connectivity index (χ0v) is 26.2. The predicted octanol–water partition coefficient (Wildman–Crippen LogP) is 3.94. The normalized spacial score (nSPS) is 17.2. The number of methoxy groups -OCH3 is 1. The van der Waals surface area contributed by atoms with Crippen LogP contribution in [0.3, 0.4) is 0 Å². The lowest BCUT2D eigenvalue weighted by molar-refractivity contribution is -0.147. The van der Waals surface area contributed by atoms with Crippen LogP contribution in [0.15, 0.2) is 66.7 Å². The molecule has 1 fully saturated rings. The molecular formula is C32H37ClN4O5S. The number of nitrogens with one attached hydrogen (secondary N) is 2. The number of thioether (sulfide) groups is 1. The summed E-state index contributed by atoms with van der Waals surface area (Å²) in [6.45, 7) is 6.07. The Morgan fingerprint density at radius 2 is 1.86 bits per heavy atom. The maximum atomic E-state index is 13.9. The molecule has 4 rings (SSSR count). The van der Waals surface area contributed by atoms with Crippen molar-refractivity contribution >= 4 is 46.8 Å². The SMILES string of the molecule is COc1cccc(C[C@H](NC(=O)c2cccc(N)c2Cl)[C@H](O)C(=O)N2CSC(C)(C)C2C(=O)NCc2ccccc2C)c1. The number of hydrogen-bond acceptors (Lipinski definition) is 7. The van der Waals surface area contributed by atoms with Crippen molar-refractivity contribution in [1.82, 2.24) is 15.5 Å². The Hall–Kier alpha value is -3.73. The lowest BCUT2D eigenvalue weighted by atomic mass is 9.96. The summed E-state index contributed by atoms with van der Waals surface area (Å²) >= 11 is 7.75. The van der Waals surface area contributed by atoms with Gasteiger partial charge in [-0.05, 0) is 68.1 Å². The summed E-state index contributed by atoms with van der Waals surface area (Å²) in [4.78, 5) is 42.2. The van der Waals surface area contributed by atoms with E-state index in [4.69, 9.17) is 22.1 Å². The molecule has 0 saturated carbocycles. The number of amides is 3. The molecule has 1 unspecified atom stereocenters. The largest absolute Gasteiger partial charge is 0.497 e. The number of aryl methyl sites for hydroxylation is 1. The topological polar surface area (TPSA) is 134 Å². The Labute approximate surface area is 261 Å². The number of aliphatic hydroxyl groups is 1. The summed E-state index contributed by atoms with van der Waals surface area (Å²) in [6.07, 6.45) is -1.57. The average Bonchev–Trinajstić information content (AvgIpc) is 3.31. The number of nitrogens with zero attached hydrogens (tertiary/aromatic N) is 1. The second kappa shape index (κ2) is 13.7. The second-order valence-corrected chi connectivity index (χ2v) is 13.0. The molecule has 0 aromatic heterocycles. The Balaban J connectivity index is 1.59. The quantitative estimate of drug-likeness (QED) is 0.251. The number of anilines is 1. The Morgan fingerprint density at radius 1 is 1.14 bits per heavy atom. The highest BCUT2D eigenvalue weighted by Crippen LogP contribution is 2.40. The van der Waals surface area contributed by atoms with E-state index in [2.05, 4.69) is 10.6 Å². The van der Waals surface area contributed by atoms with Gasteiger partial charge in [-0.25, -0.2) is 0 Å². The summed E-state index contributed by atoms with van der Waals surface area (Å²) in [7, 11) is 1.54. The number of ether oxygens (including phenoxy) is 1. The minimum atomic E-state index is -1.67. The van der Waals surface area contributed by atoms with Crippen molar-refractivity contribution in [3.63, 3.8) is 0 Å². The van der Waals surface area contributed by atoms with Crippen LogP contribution in [0.5, 0.6) is 5.75 Å². The first-order valence-corrected chi connectivity index (χ1v) is 15.2. The van der Waals surface area contributed by atoms with E-state index in [1.165, 1.54) is 29.8 Å². The number of rotatable bonds is 10. The first-order chi connectivity index (χ1) is 20.4. The molecule has 3 amide bonds. The van der Waals surface area contributed by atoms with Crippen LogP contribution in [0.25, 0.3) is 0 Å². The number of carbonyl (C=O) groups is 3. The first-order valence-electron chi connectivity index (χ1n) is 13.9. The van der Waals surface area contributed by atoms with Crippen LogP contribution in [-0.2, 0) is 22.6 Å². The van der Waals surface area contributed by atoms with Gasteiger partial charge in [0.2, 0.25) is 5.91 Å². The average molecular weight is 625 g/mol. The highest BCUT2D eigenvalue weighted by atomic mass is 35.5. The number of nitrogens with two attached hydrogens (primary N) is 1. The van der Waals surface area contributed by atoms with E-state index >= 15 is 0 Å². The van der Waals surface area contributed by atoms with Gasteiger partial charge in [0.1, 0.15) is 11.8 Å². The number of benzene rings is 3. The van der Waals surface area contributed by atoms with Gasteiger partial charge >= 0.3 is 0 Å². The predicted molar refractivity (Wildman–Crippen MR) is 170 cm³/mol. The van der Waals surface area contributed by atoms with Crippen molar-refractivity contribution in [2.75, 3.05) is 18.7 Å². The van der Waals surface area contributed by atoms with Crippen LogP contribution < -0.4 is 21.1 Å². The summed E-state index contributed by atoms with van der Waals surface area (Å²) in [5.41, 5.74) is 8.98. The molecule has 0 bridgehead atoms. The Kier molecular flexibility index (Phi) is 10.3. The maximum absolute atomic E-state index is 13.9. The van der Waals surface area contributed by atoms with E-state index in [0.29, 0.717) is 12.3 Å². The molecule has 43 heavy (non-hydrogen) atoms. The van der Waals surface area contributed by atoms with E-state index < -0.39 is 34.7 Å².